The number of hydrogen-bond acceptors (Lipinski definition) is 6. The Kier molecular flexibility index (Phi) is 7.15. The minimum atomic E-state index is -0.765. The fourth-order valence-electron chi connectivity index (χ4n) is 3.64. The molecule has 2 heterocycles. The van der Waals surface area contributed by atoms with E-state index in [0.717, 1.165) is 0 Å². The lowest BCUT2D eigenvalue weighted by atomic mass is 10.2. The highest BCUT2D eigenvalue weighted by Gasteiger charge is 2.22. The quantitative estimate of drug-likeness (QED) is 0.248. The third kappa shape index (κ3) is 5.44. The van der Waals surface area contributed by atoms with E-state index in [1.54, 1.807) is 24.3 Å². The smallest absolute Gasteiger partial charge is 0.269 e. The minimum Gasteiger partial charge on any atom is -0.399 e. The zero-order valence-electron chi connectivity index (χ0n) is 18.9. The number of halogens is 2. The van der Waals surface area contributed by atoms with Crippen molar-refractivity contribution in [3.63, 3.8) is 0 Å². The van der Waals surface area contributed by atoms with Gasteiger partial charge in [0.2, 0.25) is 11.8 Å². The average Bonchev–Trinajstić information content (AvgIpc) is 3.47. The summed E-state index contributed by atoms with van der Waals surface area (Å²) in [6, 6.07) is 9.27. The van der Waals surface area contributed by atoms with Crippen LogP contribution in [0, 0.1) is 5.82 Å². The van der Waals surface area contributed by atoms with Crippen LogP contribution in [0.2, 0.25) is 5.02 Å². The van der Waals surface area contributed by atoms with Gasteiger partial charge in [0.05, 0.1) is 35.7 Å². The maximum Gasteiger partial charge on any atom is 0.269 e. The largest absolute Gasteiger partial charge is 0.399 e. The number of carbonyl (C=O) groups is 3. The number of nitrogen functional groups attached to an aromatic ring is 1. The molecule has 186 valence electrons. The molecule has 2 aromatic carbocycles. The summed E-state index contributed by atoms with van der Waals surface area (Å²) in [6.45, 7) is -0.663. The van der Waals surface area contributed by atoms with Crippen LogP contribution >= 0.6 is 11.6 Å². The molecule has 36 heavy (non-hydrogen) atoms. The summed E-state index contributed by atoms with van der Waals surface area (Å²) in [5.74, 6) is -2.37. The normalized spacial score (nSPS) is 10.9. The van der Waals surface area contributed by atoms with Gasteiger partial charge in [0, 0.05) is 29.4 Å². The summed E-state index contributed by atoms with van der Waals surface area (Å²) in [7, 11) is 0. The number of carbonyl (C=O) groups excluding carboxylic acids is 3. The number of nitrogens with one attached hydrogen (secondary N) is 2. The molecular formula is C23H22ClFN8O3. The van der Waals surface area contributed by atoms with E-state index in [4.69, 9.17) is 23.1 Å². The molecule has 0 unspecified atom stereocenters. The Morgan fingerprint density at radius 1 is 1.22 bits per heavy atom. The molecule has 0 saturated heterocycles. The van der Waals surface area contributed by atoms with E-state index in [2.05, 4.69) is 20.4 Å². The number of fused-ring (bicyclic) bond motifs is 1. The van der Waals surface area contributed by atoms with E-state index in [1.807, 2.05) is 0 Å². The SMILES string of the molecule is NC(=O)c1nn(CC(=O)N(CC(=O)NCc2cccc(Cl)c2F)Cc2cnc[nH]2)c2ccc(N)cc12. The Labute approximate surface area is 209 Å². The molecule has 0 spiro atoms. The maximum absolute atomic E-state index is 14.1. The third-order valence-corrected chi connectivity index (χ3v) is 5.70. The van der Waals surface area contributed by atoms with Gasteiger partial charge in [0.25, 0.3) is 5.91 Å². The van der Waals surface area contributed by atoms with Crippen LogP contribution in [0.4, 0.5) is 10.1 Å². The lowest BCUT2D eigenvalue weighted by molar-refractivity contribution is -0.137. The minimum absolute atomic E-state index is 0.0218. The molecule has 0 saturated carbocycles. The molecule has 6 N–H and O–H groups in total. The van der Waals surface area contributed by atoms with Crippen LogP contribution in [0.1, 0.15) is 21.7 Å². The number of H-pyrrole nitrogens is 1. The Balaban J connectivity index is 1.53. The van der Waals surface area contributed by atoms with Crippen LogP contribution in [-0.2, 0) is 29.2 Å². The van der Waals surface area contributed by atoms with Crippen LogP contribution in [0.25, 0.3) is 10.9 Å². The number of aromatic nitrogens is 4. The third-order valence-electron chi connectivity index (χ3n) is 5.40. The Hall–Kier alpha value is -4.45. The molecule has 0 aliphatic heterocycles. The van der Waals surface area contributed by atoms with Crippen molar-refractivity contribution in [2.45, 2.75) is 19.6 Å². The van der Waals surface area contributed by atoms with Crippen LogP contribution in [0.3, 0.4) is 0 Å². The van der Waals surface area contributed by atoms with Crippen molar-refractivity contribution in [3.8, 4) is 0 Å². The molecule has 3 amide bonds. The first-order chi connectivity index (χ1) is 17.2. The van der Waals surface area contributed by atoms with Gasteiger partial charge in [-0.2, -0.15) is 5.10 Å². The number of aromatic amines is 1. The zero-order valence-corrected chi connectivity index (χ0v) is 19.6. The molecule has 11 nitrogen and oxygen atoms in total. The summed E-state index contributed by atoms with van der Waals surface area (Å²) in [4.78, 5) is 45.9. The van der Waals surface area contributed by atoms with Gasteiger partial charge in [-0.15, -0.1) is 0 Å². The fraction of sp³-hybridized carbons (Fsp3) is 0.174. The lowest BCUT2D eigenvalue weighted by Gasteiger charge is -2.22. The van der Waals surface area contributed by atoms with Gasteiger partial charge in [-0.25, -0.2) is 9.37 Å². The average molecular weight is 513 g/mol. The van der Waals surface area contributed by atoms with E-state index in [-0.39, 0.29) is 42.5 Å². The summed E-state index contributed by atoms with van der Waals surface area (Å²) >= 11 is 5.79. The molecule has 0 radical (unpaired) electrons. The maximum atomic E-state index is 14.1. The summed E-state index contributed by atoms with van der Waals surface area (Å²) in [5, 5.41) is 7.14. The van der Waals surface area contributed by atoms with Crippen molar-refractivity contribution in [3.05, 3.63) is 76.7 Å². The highest BCUT2D eigenvalue weighted by Crippen LogP contribution is 2.22. The van der Waals surface area contributed by atoms with Crippen molar-refractivity contribution in [2.75, 3.05) is 12.3 Å². The van der Waals surface area contributed by atoms with Crippen LogP contribution in [-0.4, -0.2) is 48.9 Å². The molecule has 2 aromatic heterocycles. The second-order valence-corrected chi connectivity index (χ2v) is 8.37. The van der Waals surface area contributed by atoms with E-state index < -0.39 is 23.5 Å². The number of rotatable bonds is 9. The van der Waals surface area contributed by atoms with Gasteiger partial charge >= 0.3 is 0 Å². The van der Waals surface area contributed by atoms with Crippen molar-refractivity contribution < 1.29 is 18.8 Å². The predicted octanol–water partition coefficient (Wildman–Crippen LogP) is 1.58. The van der Waals surface area contributed by atoms with Gasteiger partial charge in [-0.3, -0.25) is 19.1 Å². The molecule has 0 aliphatic rings. The lowest BCUT2D eigenvalue weighted by Crippen LogP contribution is -2.41. The fourth-order valence-corrected chi connectivity index (χ4v) is 3.84. The molecule has 4 aromatic rings. The first kappa shape index (κ1) is 24.7. The highest BCUT2D eigenvalue weighted by atomic mass is 35.5. The van der Waals surface area contributed by atoms with E-state index in [9.17, 15) is 18.8 Å². The second kappa shape index (κ2) is 10.4. The number of benzene rings is 2. The van der Waals surface area contributed by atoms with Crippen molar-refractivity contribution >= 4 is 45.9 Å². The Bertz CT molecular complexity index is 1440. The van der Waals surface area contributed by atoms with Crippen LogP contribution in [0.5, 0.6) is 0 Å². The molecule has 0 fully saturated rings. The number of anilines is 1. The van der Waals surface area contributed by atoms with Gasteiger partial charge in [-0.05, 0) is 24.3 Å². The van der Waals surface area contributed by atoms with Crippen LogP contribution < -0.4 is 16.8 Å². The van der Waals surface area contributed by atoms with Crippen molar-refractivity contribution in [1.29, 1.82) is 0 Å². The molecule has 0 bridgehead atoms. The first-order valence-corrected chi connectivity index (χ1v) is 11.1. The number of amides is 3. The molecule has 13 heteroatoms. The summed E-state index contributed by atoms with van der Waals surface area (Å²) < 4.78 is 15.5. The van der Waals surface area contributed by atoms with Gasteiger partial charge in [0.1, 0.15) is 12.4 Å². The molecule has 0 aliphatic carbocycles. The van der Waals surface area contributed by atoms with Crippen LogP contribution in [0.15, 0.2) is 48.9 Å². The van der Waals surface area contributed by atoms with Crippen molar-refractivity contribution in [1.82, 2.24) is 30.0 Å². The Morgan fingerprint density at radius 3 is 2.75 bits per heavy atom. The number of primary amides is 1. The number of nitrogens with two attached hydrogens (primary N) is 2. The highest BCUT2D eigenvalue weighted by molar-refractivity contribution is 6.30. The zero-order chi connectivity index (χ0) is 25.8. The first-order valence-electron chi connectivity index (χ1n) is 10.7. The predicted molar refractivity (Wildman–Crippen MR) is 130 cm³/mol. The van der Waals surface area contributed by atoms with E-state index in [0.29, 0.717) is 22.3 Å². The van der Waals surface area contributed by atoms with Gasteiger partial charge in [0.15, 0.2) is 5.69 Å². The van der Waals surface area contributed by atoms with Gasteiger partial charge in [-0.1, -0.05) is 23.7 Å². The molecule has 4 rings (SSSR count). The van der Waals surface area contributed by atoms with Crippen molar-refractivity contribution in [2.24, 2.45) is 5.73 Å². The monoisotopic (exact) mass is 512 g/mol. The number of hydrogen-bond donors (Lipinski definition) is 4. The van der Waals surface area contributed by atoms with Gasteiger partial charge < -0.3 is 26.7 Å². The summed E-state index contributed by atoms with van der Waals surface area (Å²) in [6.07, 6.45) is 2.97. The second-order valence-electron chi connectivity index (χ2n) is 7.96. The summed E-state index contributed by atoms with van der Waals surface area (Å²) in [5.41, 5.74) is 12.9. The number of imidazole rings is 1. The Morgan fingerprint density at radius 2 is 2.03 bits per heavy atom. The van der Waals surface area contributed by atoms with E-state index >= 15 is 0 Å². The van der Waals surface area contributed by atoms with E-state index in [1.165, 1.54) is 34.2 Å². The number of nitrogens with zero attached hydrogens (tertiary/aromatic N) is 4. The molecular weight excluding hydrogens is 491 g/mol. The molecule has 0 atom stereocenters. The topological polar surface area (TPSA) is 165 Å². The standard InChI is InChI=1S/C23H22ClFN8O3/c24-17-3-1-2-13(21(17)25)7-29-19(34)10-32(9-15-8-28-12-30-15)20(35)11-33-18-5-4-14(26)6-16(18)22(31-33)23(27)36/h1-6,8,12H,7,9-11,26H2,(H2,27,36)(H,28,30)(H,29,34).